The first-order valence-electron chi connectivity index (χ1n) is 3.39. The molecule has 0 atom stereocenters. The zero-order chi connectivity index (χ0) is 10.7. The summed E-state index contributed by atoms with van der Waals surface area (Å²) in [6, 6.07) is 2.02. The number of nitrogens with zero attached hydrogens (tertiary/aromatic N) is 1. The molecule has 0 amide bonds. The highest BCUT2D eigenvalue weighted by molar-refractivity contribution is 9.10. The summed E-state index contributed by atoms with van der Waals surface area (Å²) < 4.78 is 29.0. The van der Waals surface area contributed by atoms with Crippen molar-refractivity contribution in [3.05, 3.63) is 32.5 Å². The zero-order valence-corrected chi connectivity index (χ0v) is 8.25. The molecule has 0 spiro atoms. The van der Waals surface area contributed by atoms with Gasteiger partial charge in [0.15, 0.2) is 0 Å². The van der Waals surface area contributed by atoms with E-state index < -0.39 is 23.3 Å². The van der Waals surface area contributed by atoms with Gasteiger partial charge in [0.05, 0.1) is 4.92 Å². The average Bonchev–Trinajstić information content (AvgIpc) is 2.13. The van der Waals surface area contributed by atoms with Crippen molar-refractivity contribution in [3.8, 4) is 5.75 Å². The molecule has 0 N–H and O–H groups in total. The van der Waals surface area contributed by atoms with Crippen LogP contribution in [0.2, 0.25) is 0 Å². The van der Waals surface area contributed by atoms with Gasteiger partial charge in [-0.1, -0.05) is 0 Å². The van der Waals surface area contributed by atoms with Crippen molar-refractivity contribution in [2.75, 3.05) is 6.86 Å². The second-order valence-corrected chi connectivity index (χ2v) is 3.01. The van der Waals surface area contributed by atoms with Crippen LogP contribution in [-0.4, -0.2) is 11.8 Å². The monoisotopic (exact) mass is 267 g/mol. The molecule has 1 aromatic rings. The molecular weight excluding hydrogens is 264 g/mol. The van der Waals surface area contributed by atoms with Gasteiger partial charge in [0.25, 0.3) is 0 Å². The Morgan fingerprint density at radius 2 is 2.21 bits per heavy atom. The number of benzene rings is 1. The molecule has 1 rings (SSSR count). The van der Waals surface area contributed by atoms with Crippen LogP contribution in [0.1, 0.15) is 0 Å². The Bertz CT molecular complexity index is 372. The second kappa shape index (κ2) is 4.32. The lowest BCUT2D eigenvalue weighted by molar-refractivity contribution is -0.387. The summed E-state index contributed by atoms with van der Waals surface area (Å²) in [5, 5.41) is 10.3. The molecule has 0 saturated heterocycles. The molecule has 7 heteroatoms. The maximum atomic E-state index is 13.1. The Balaban J connectivity index is 3.19. The van der Waals surface area contributed by atoms with E-state index >= 15 is 0 Å². The predicted molar refractivity (Wildman–Crippen MR) is 47.4 cm³/mol. The number of halogens is 3. The minimum Gasteiger partial charge on any atom is -0.462 e. The summed E-state index contributed by atoms with van der Waals surface area (Å²) in [4.78, 5) is 9.40. The van der Waals surface area contributed by atoms with Crippen LogP contribution in [0.3, 0.4) is 0 Å². The van der Waals surface area contributed by atoms with Gasteiger partial charge in [0.2, 0.25) is 12.7 Å². The van der Waals surface area contributed by atoms with Crippen LogP contribution in [-0.2, 0) is 0 Å². The van der Waals surface area contributed by atoms with Crippen LogP contribution < -0.4 is 4.74 Å². The van der Waals surface area contributed by atoms with E-state index in [1.165, 1.54) is 0 Å². The molecule has 1 aromatic carbocycles. The van der Waals surface area contributed by atoms with E-state index in [9.17, 15) is 18.9 Å². The van der Waals surface area contributed by atoms with Crippen molar-refractivity contribution in [3.63, 3.8) is 0 Å². The molecule has 76 valence electrons. The number of rotatable bonds is 3. The molecule has 14 heavy (non-hydrogen) atoms. The summed E-state index contributed by atoms with van der Waals surface area (Å²) in [5.74, 6) is -1.20. The average molecular weight is 268 g/mol. The van der Waals surface area contributed by atoms with Gasteiger partial charge in [-0.15, -0.1) is 0 Å². The Kier molecular flexibility index (Phi) is 3.34. The highest BCUT2D eigenvalue weighted by Gasteiger charge is 2.20. The van der Waals surface area contributed by atoms with Gasteiger partial charge < -0.3 is 4.74 Å². The summed E-state index contributed by atoms with van der Waals surface area (Å²) in [6.07, 6.45) is 0. The highest BCUT2D eigenvalue weighted by atomic mass is 79.9. The number of nitro groups is 1. The maximum absolute atomic E-state index is 13.1. The normalized spacial score (nSPS) is 9.93. The van der Waals surface area contributed by atoms with E-state index in [1.54, 1.807) is 0 Å². The number of hydrogen-bond donors (Lipinski definition) is 0. The second-order valence-electron chi connectivity index (χ2n) is 2.22. The van der Waals surface area contributed by atoms with Crippen molar-refractivity contribution in [1.29, 1.82) is 0 Å². The van der Waals surface area contributed by atoms with E-state index in [1.807, 2.05) is 0 Å². The minimum absolute atomic E-state index is 0.115. The molecule has 0 radical (unpaired) electrons. The first-order valence-corrected chi connectivity index (χ1v) is 4.18. The van der Waals surface area contributed by atoms with Crippen LogP contribution in [0.15, 0.2) is 16.6 Å². The molecule has 0 bridgehead atoms. The molecule has 4 nitrogen and oxygen atoms in total. The molecule has 0 aliphatic carbocycles. The lowest BCUT2D eigenvalue weighted by atomic mass is 10.3. The van der Waals surface area contributed by atoms with E-state index in [-0.39, 0.29) is 10.2 Å². The summed E-state index contributed by atoms with van der Waals surface area (Å²) in [5.41, 5.74) is -0.692. The fraction of sp³-hybridized carbons (Fsp3) is 0.143. The number of alkyl halides is 1. The van der Waals surface area contributed by atoms with Crippen LogP contribution in [0.25, 0.3) is 0 Å². The standard InChI is InChI=1S/C7H4BrF2NO3/c8-6-5(14-3-9)2-1-4(7(6)10)11(12)13/h1-2H,3H2. The van der Waals surface area contributed by atoms with Gasteiger partial charge in [-0.2, -0.15) is 4.39 Å². The Hall–Kier alpha value is -1.24. The third kappa shape index (κ3) is 1.98. The first kappa shape index (κ1) is 10.8. The van der Waals surface area contributed by atoms with Gasteiger partial charge in [0.1, 0.15) is 10.2 Å². The lowest BCUT2D eigenvalue weighted by Gasteiger charge is -2.04. The van der Waals surface area contributed by atoms with Gasteiger partial charge in [-0.05, 0) is 22.0 Å². The molecular formula is C7H4BrF2NO3. The molecule has 0 aromatic heterocycles. The summed E-state index contributed by atoms with van der Waals surface area (Å²) in [7, 11) is 0. The first-order chi connectivity index (χ1) is 6.57. The molecule has 0 heterocycles. The van der Waals surface area contributed by atoms with Crippen LogP contribution in [0.4, 0.5) is 14.5 Å². The number of hydrogen-bond acceptors (Lipinski definition) is 3. The van der Waals surface area contributed by atoms with Gasteiger partial charge in [0, 0.05) is 6.07 Å². The third-order valence-corrected chi connectivity index (χ3v) is 2.17. The molecule has 0 aliphatic heterocycles. The molecule has 0 saturated carbocycles. The smallest absolute Gasteiger partial charge is 0.306 e. The molecule has 0 unspecified atom stereocenters. The topological polar surface area (TPSA) is 52.4 Å². The maximum Gasteiger partial charge on any atom is 0.306 e. The fourth-order valence-corrected chi connectivity index (χ4v) is 1.28. The molecule has 0 aliphatic rings. The quantitative estimate of drug-likeness (QED) is 0.625. The molecule has 0 fully saturated rings. The van der Waals surface area contributed by atoms with Crippen LogP contribution in [0, 0.1) is 15.9 Å². The zero-order valence-electron chi connectivity index (χ0n) is 6.67. The highest BCUT2D eigenvalue weighted by Crippen LogP contribution is 2.33. The van der Waals surface area contributed by atoms with Crippen molar-refractivity contribution < 1.29 is 18.4 Å². The number of ether oxygens (including phenoxy) is 1. The predicted octanol–water partition coefficient (Wildman–Crippen LogP) is 2.80. The van der Waals surface area contributed by atoms with E-state index in [0.29, 0.717) is 0 Å². The Labute approximate surface area is 85.8 Å². The van der Waals surface area contributed by atoms with Crippen molar-refractivity contribution in [2.24, 2.45) is 0 Å². The third-order valence-electron chi connectivity index (χ3n) is 1.43. The number of nitro benzene ring substituents is 1. The Morgan fingerprint density at radius 1 is 1.57 bits per heavy atom. The van der Waals surface area contributed by atoms with Crippen LogP contribution >= 0.6 is 15.9 Å². The largest absolute Gasteiger partial charge is 0.462 e. The van der Waals surface area contributed by atoms with Crippen molar-refractivity contribution in [2.45, 2.75) is 0 Å². The Morgan fingerprint density at radius 3 is 2.71 bits per heavy atom. The van der Waals surface area contributed by atoms with E-state index in [2.05, 4.69) is 20.7 Å². The summed E-state index contributed by atoms with van der Waals surface area (Å²) in [6.45, 7) is -1.13. The summed E-state index contributed by atoms with van der Waals surface area (Å²) >= 11 is 2.73. The lowest BCUT2D eigenvalue weighted by Crippen LogP contribution is -1.97. The van der Waals surface area contributed by atoms with E-state index in [0.717, 1.165) is 12.1 Å². The fourth-order valence-electron chi connectivity index (χ4n) is 0.833. The van der Waals surface area contributed by atoms with Crippen molar-refractivity contribution in [1.82, 2.24) is 0 Å². The van der Waals surface area contributed by atoms with Gasteiger partial charge >= 0.3 is 5.69 Å². The van der Waals surface area contributed by atoms with Gasteiger partial charge in [-0.25, -0.2) is 4.39 Å². The van der Waals surface area contributed by atoms with Crippen molar-refractivity contribution >= 4 is 21.6 Å². The minimum atomic E-state index is -1.13. The van der Waals surface area contributed by atoms with Crippen LogP contribution in [0.5, 0.6) is 5.75 Å². The van der Waals surface area contributed by atoms with E-state index in [4.69, 9.17) is 0 Å². The SMILES string of the molecule is O=[N+]([O-])c1ccc(OCF)c(Br)c1F. The van der Waals surface area contributed by atoms with Gasteiger partial charge in [-0.3, -0.25) is 10.1 Å².